The van der Waals surface area contributed by atoms with Gasteiger partial charge in [-0.25, -0.2) is 0 Å². The number of amides is 1. The molecule has 1 aromatic carbocycles. The van der Waals surface area contributed by atoms with E-state index in [1.54, 1.807) is 12.1 Å². The summed E-state index contributed by atoms with van der Waals surface area (Å²) in [4.78, 5) is 22.9. The van der Waals surface area contributed by atoms with Crippen molar-refractivity contribution in [1.82, 2.24) is 20.8 Å². The molecule has 0 saturated heterocycles. The maximum atomic E-state index is 12.6. The largest absolute Gasteiger partial charge is 0.342 e. The van der Waals surface area contributed by atoms with Crippen molar-refractivity contribution in [3.8, 4) is 0 Å². The number of nitrogens with zero attached hydrogens (tertiary/aromatic N) is 2. The molecule has 1 aliphatic rings. The van der Waals surface area contributed by atoms with Crippen LogP contribution in [0, 0.1) is 10.1 Å². The summed E-state index contributed by atoms with van der Waals surface area (Å²) < 4.78 is 0. The number of nitro benzene ring substituents is 1. The van der Waals surface area contributed by atoms with Crippen LogP contribution in [0.15, 0.2) is 24.3 Å². The second kappa shape index (κ2) is 6.04. The van der Waals surface area contributed by atoms with Crippen LogP contribution in [0.5, 0.6) is 0 Å². The number of nitrogens with one attached hydrogen (secondary N) is 3. The van der Waals surface area contributed by atoms with E-state index < -0.39 is 10.5 Å². The van der Waals surface area contributed by atoms with E-state index in [0.29, 0.717) is 12.2 Å². The van der Waals surface area contributed by atoms with Crippen LogP contribution in [0.25, 0.3) is 0 Å². The van der Waals surface area contributed by atoms with E-state index in [0.717, 1.165) is 29.8 Å². The first kappa shape index (κ1) is 16.1. The summed E-state index contributed by atoms with van der Waals surface area (Å²) in [6, 6.07) is 6.17. The maximum Gasteiger partial charge on any atom is 0.272 e. The maximum absolute atomic E-state index is 12.6. The Balaban J connectivity index is 1.79. The Labute approximate surface area is 138 Å². The SMILES string of the molecule is CC(C)(NC(=O)c1n[nH]c2c1CNCC2)c1ccc([N+](=O)[O-])cc1. The molecular formula is C16H19N5O3. The number of hydrogen-bond donors (Lipinski definition) is 3. The van der Waals surface area contributed by atoms with Crippen molar-refractivity contribution >= 4 is 11.6 Å². The van der Waals surface area contributed by atoms with Crippen LogP contribution in [0.1, 0.15) is 41.2 Å². The van der Waals surface area contributed by atoms with E-state index in [4.69, 9.17) is 0 Å². The number of benzene rings is 1. The van der Waals surface area contributed by atoms with Crippen LogP contribution < -0.4 is 10.6 Å². The first-order valence-corrected chi connectivity index (χ1v) is 7.73. The monoisotopic (exact) mass is 329 g/mol. The van der Waals surface area contributed by atoms with E-state index >= 15 is 0 Å². The lowest BCUT2D eigenvalue weighted by atomic mass is 9.93. The third-order valence-electron chi connectivity index (χ3n) is 4.25. The van der Waals surface area contributed by atoms with Crippen LogP contribution >= 0.6 is 0 Å². The van der Waals surface area contributed by atoms with Crippen LogP contribution in [-0.2, 0) is 18.5 Å². The highest BCUT2D eigenvalue weighted by Crippen LogP contribution is 2.24. The number of aromatic amines is 1. The van der Waals surface area contributed by atoms with Crippen molar-refractivity contribution in [1.29, 1.82) is 0 Å². The third kappa shape index (κ3) is 3.00. The predicted octanol–water partition coefficient (Wildman–Crippen LogP) is 1.63. The number of non-ortho nitro benzene ring substituents is 1. The summed E-state index contributed by atoms with van der Waals surface area (Å²) in [5.74, 6) is -0.264. The summed E-state index contributed by atoms with van der Waals surface area (Å²) in [7, 11) is 0. The molecule has 1 aromatic heterocycles. The predicted molar refractivity (Wildman–Crippen MR) is 87.6 cm³/mol. The Hall–Kier alpha value is -2.74. The number of fused-ring (bicyclic) bond motifs is 1. The Morgan fingerprint density at radius 1 is 1.33 bits per heavy atom. The van der Waals surface area contributed by atoms with Crippen molar-refractivity contribution in [3.63, 3.8) is 0 Å². The van der Waals surface area contributed by atoms with Gasteiger partial charge in [0, 0.05) is 42.9 Å². The molecule has 1 aliphatic heterocycles. The summed E-state index contributed by atoms with van der Waals surface area (Å²) in [6.07, 6.45) is 0.821. The first-order chi connectivity index (χ1) is 11.4. The lowest BCUT2D eigenvalue weighted by Gasteiger charge is -2.26. The lowest BCUT2D eigenvalue weighted by molar-refractivity contribution is -0.384. The smallest absolute Gasteiger partial charge is 0.272 e. The number of H-pyrrole nitrogens is 1. The van der Waals surface area contributed by atoms with Crippen molar-refractivity contribution < 1.29 is 9.72 Å². The fourth-order valence-electron chi connectivity index (χ4n) is 2.83. The molecule has 0 radical (unpaired) electrons. The zero-order valence-corrected chi connectivity index (χ0v) is 13.5. The van der Waals surface area contributed by atoms with Gasteiger partial charge in [-0.05, 0) is 31.5 Å². The molecular weight excluding hydrogens is 310 g/mol. The summed E-state index contributed by atoms with van der Waals surface area (Å²) in [5.41, 5.74) is 2.41. The molecule has 3 rings (SSSR count). The number of nitro groups is 1. The first-order valence-electron chi connectivity index (χ1n) is 7.73. The van der Waals surface area contributed by atoms with Gasteiger partial charge in [0.15, 0.2) is 5.69 Å². The van der Waals surface area contributed by atoms with Crippen LogP contribution in [0.3, 0.4) is 0 Å². The van der Waals surface area contributed by atoms with Gasteiger partial charge >= 0.3 is 0 Å². The molecule has 24 heavy (non-hydrogen) atoms. The quantitative estimate of drug-likeness (QED) is 0.583. The second-order valence-corrected chi connectivity index (χ2v) is 6.34. The third-order valence-corrected chi connectivity index (χ3v) is 4.25. The number of hydrogen-bond acceptors (Lipinski definition) is 5. The minimum atomic E-state index is -0.680. The molecule has 8 nitrogen and oxygen atoms in total. The molecule has 0 atom stereocenters. The van der Waals surface area contributed by atoms with Gasteiger partial charge in [0.25, 0.3) is 11.6 Å². The molecule has 126 valence electrons. The fourth-order valence-corrected chi connectivity index (χ4v) is 2.83. The number of aromatic nitrogens is 2. The minimum absolute atomic E-state index is 0.0216. The number of rotatable bonds is 4. The average Bonchev–Trinajstić information content (AvgIpc) is 2.98. The molecule has 3 N–H and O–H groups in total. The topological polar surface area (TPSA) is 113 Å². The van der Waals surface area contributed by atoms with Gasteiger partial charge < -0.3 is 10.6 Å². The number of carbonyl (C=O) groups is 1. The molecule has 1 amide bonds. The van der Waals surface area contributed by atoms with Gasteiger partial charge in [0.1, 0.15) is 0 Å². The second-order valence-electron chi connectivity index (χ2n) is 6.34. The van der Waals surface area contributed by atoms with E-state index in [-0.39, 0.29) is 11.6 Å². The molecule has 8 heteroatoms. The van der Waals surface area contributed by atoms with Gasteiger partial charge in [-0.3, -0.25) is 20.0 Å². The molecule has 0 unspecified atom stereocenters. The molecule has 0 saturated carbocycles. The Morgan fingerprint density at radius 3 is 2.71 bits per heavy atom. The standard InChI is InChI=1S/C16H19N5O3/c1-16(2,10-3-5-11(6-4-10)21(23)24)18-15(22)14-12-9-17-8-7-13(12)19-20-14/h3-6,17H,7-9H2,1-2H3,(H,18,22)(H,19,20). The summed E-state index contributed by atoms with van der Waals surface area (Å²) >= 11 is 0. The highest BCUT2D eigenvalue weighted by Gasteiger charge is 2.28. The highest BCUT2D eigenvalue weighted by molar-refractivity contribution is 5.94. The van der Waals surface area contributed by atoms with E-state index in [2.05, 4.69) is 20.8 Å². The molecule has 0 fully saturated rings. The Morgan fingerprint density at radius 2 is 2.04 bits per heavy atom. The lowest BCUT2D eigenvalue weighted by Crippen LogP contribution is -2.41. The average molecular weight is 329 g/mol. The van der Waals surface area contributed by atoms with E-state index in [1.165, 1.54) is 12.1 Å². The van der Waals surface area contributed by atoms with E-state index in [1.807, 2.05) is 13.8 Å². The number of carbonyl (C=O) groups excluding carboxylic acids is 1. The summed E-state index contributed by atoms with van der Waals surface area (Å²) in [6.45, 7) is 5.18. The molecule has 0 bridgehead atoms. The Kier molecular flexibility index (Phi) is 4.06. The van der Waals surface area contributed by atoms with Gasteiger partial charge in [0.05, 0.1) is 10.5 Å². The minimum Gasteiger partial charge on any atom is -0.342 e. The van der Waals surface area contributed by atoms with Gasteiger partial charge in [0.2, 0.25) is 0 Å². The van der Waals surface area contributed by atoms with Crippen LogP contribution in [0.2, 0.25) is 0 Å². The zero-order valence-electron chi connectivity index (χ0n) is 13.5. The zero-order chi connectivity index (χ0) is 17.3. The summed E-state index contributed by atoms with van der Waals surface area (Å²) in [5, 5.41) is 24.0. The van der Waals surface area contributed by atoms with Crippen molar-refractivity contribution in [2.24, 2.45) is 0 Å². The molecule has 0 spiro atoms. The van der Waals surface area contributed by atoms with Crippen molar-refractivity contribution in [3.05, 3.63) is 56.9 Å². The highest BCUT2D eigenvalue weighted by atomic mass is 16.6. The molecule has 2 heterocycles. The molecule has 2 aromatic rings. The molecule has 0 aliphatic carbocycles. The van der Waals surface area contributed by atoms with E-state index in [9.17, 15) is 14.9 Å². The van der Waals surface area contributed by atoms with Crippen LogP contribution in [0.4, 0.5) is 5.69 Å². The van der Waals surface area contributed by atoms with Gasteiger partial charge in [-0.15, -0.1) is 0 Å². The normalized spacial score (nSPS) is 14.1. The van der Waals surface area contributed by atoms with Crippen molar-refractivity contribution in [2.75, 3.05) is 6.54 Å². The van der Waals surface area contributed by atoms with Gasteiger partial charge in [-0.1, -0.05) is 0 Å². The van der Waals surface area contributed by atoms with Gasteiger partial charge in [-0.2, -0.15) is 5.10 Å². The fraction of sp³-hybridized carbons (Fsp3) is 0.375. The van der Waals surface area contributed by atoms with Crippen molar-refractivity contribution in [2.45, 2.75) is 32.4 Å². The van der Waals surface area contributed by atoms with Crippen LogP contribution in [-0.4, -0.2) is 27.6 Å². The Bertz CT molecular complexity index is 780.